The average Bonchev–Trinajstić information content (AvgIpc) is 2.88. The molecule has 2 atom stereocenters. The van der Waals surface area contributed by atoms with Gasteiger partial charge in [-0.3, -0.25) is 9.59 Å². The summed E-state index contributed by atoms with van der Waals surface area (Å²) >= 11 is 0. The number of carbonyl (C=O) groups excluding carboxylic acids is 2. The molecule has 2 aliphatic rings. The van der Waals surface area contributed by atoms with Crippen LogP contribution in [0.1, 0.15) is 61.3 Å². The van der Waals surface area contributed by atoms with Gasteiger partial charge in [0.25, 0.3) is 0 Å². The minimum absolute atomic E-state index is 0.0405. The normalized spacial score (nSPS) is 33.2. The molecule has 2 aliphatic carbocycles. The van der Waals surface area contributed by atoms with Gasteiger partial charge in [0.15, 0.2) is 5.78 Å². The number of aliphatic hydroxyl groups excluding tert-OH is 1. The molecule has 0 amide bonds. The molecule has 0 bridgehead atoms. The molecule has 130 valence electrons. The van der Waals surface area contributed by atoms with Gasteiger partial charge in [0.1, 0.15) is 12.4 Å². The molecule has 0 aromatic heterocycles. The Labute approximate surface area is 140 Å². The summed E-state index contributed by atoms with van der Waals surface area (Å²) in [7, 11) is 0. The number of carbonyl (C=O) groups is 2. The van der Waals surface area contributed by atoms with Crippen LogP contribution in [0, 0.1) is 21.7 Å². The Balaban J connectivity index is 0.000000231. The highest BCUT2D eigenvalue weighted by Crippen LogP contribution is 2.49. The van der Waals surface area contributed by atoms with Crippen molar-refractivity contribution < 1.29 is 14.7 Å². The Morgan fingerprint density at radius 2 is 1.26 bits per heavy atom. The zero-order chi connectivity index (χ0) is 18.1. The van der Waals surface area contributed by atoms with Crippen LogP contribution in [0.4, 0.5) is 0 Å². The zero-order valence-electron chi connectivity index (χ0n) is 15.7. The van der Waals surface area contributed by atoms with Gasteiger partial charge in [0.2, 0.25) is 0 Å². The van der Waals surface area contributed by atoms with Crippen molar-refractivity contribution >= 4 is 11.6 Å². The van der Waals surface area contributed by atoms with E-state index in [1.54, 1.807) is 6.92 Å². The van der Waals surface area contributed by atoms with E-state index >= 15 is 0 Å². The van der Waals surface area contributed by atoms with Gasteiger partial charge < -0.3 is 5.11 Å². The lowest BCUT2D eigenvalue weighted by molar-refractivity contribution is -0.134. The second-order valence-corrected chi connectivity index (χ2v) is 8.46. The molecule has 3 nitrogen and oxygen atoms in total. The average molecular weight is 320 g/mol. The standard InChI is InChI=1S/C10H16O2.C10H16O/c1-9(2)5-4-6-10(9,3)8(12)7-11;1-8(11)10(4)7-5-6-9(10,2)3/h4-5,11H,6-7H2,1-3H3;5-6H,7H2,1-4H3/t2*10-/m11/s1. The molecule has 0 saturated heterocycles. The first-order valence-corrected chi connectivity index (χ1v) is 8.35. The molecule has 0 spiro atoms. The van der Waals surface area contributed by atoms with Gasteiger partial charge in [-0.2, -0.15) is 0 Å². The van der Waals surface area contributed by atoms with E-state index in [4.69, 9.17) is 5.11 Å². The number of aliphatic hydroxyl groups is 1. The van der Waals surface area contributed by atoms with Crippen LogP contribution in [0.3, 0.4) is 0 Å². The molecule has 0 aromatic rings. The van der Waals surface area contributed by atoms with Gasteiger partial charge in [-0.1, -0.05) is 65.8 Å². The quantitative estimate of drug-likeness (QED) is 0.796. The molecule has 0 radical (unpaired) electrons. The second kappa shape index (κ2) is 6.35. The first-order valence-electron chi connectivity index (χ1n) is 8.35. The topological polar surface area (TPSA) is 54.4 Å². The fraction of sp³-hybridized carbons (Fsp3) is 0.700. The maximum atomic E-state index is 11.5. The van der Waals surface area contributed by atoms with E-state index in [-0.39, 0.29) is 28.6 Å². The number of rotatable bonds is 3. The summed E-state index contributed by atoms with van der Waals surface area (Å²) < 4.78 is 0. The summed E-state index contributed by atoms with van der Waals surface area (Å²) in [5, 5.41) is 8.82. The van der Waals surface area contributed by atoms with Gasteiger partial charge in [-0.05, 0) is 30.6 Å². The Morgan fingerprint density at radius 3 is 1.48 bits per heavy atom. The lowest BCUT2D eigenvalue weighted by atomic mass is 9.66. The van der Waals surface area contributed by atoms with Gasteiger partial charge in [-0.15, -0.1) is 0 Å². The number of hydrogen-bond donors (Lipinski definition) is 1. The Bertz CT molecular complexity index is 539. The minimum Gasteiger partial charge on any atom is -0.389 e. The third-order valence-corrected chi connectivity index (χ3v) is 6.50. The van der Waals surface area contributed by atoms with E-state index in [9.17, 15) is 9.59 Å². The van der Waals surface area contributed by atoms with Crippen molar-refractivity contribution in [3.63, 3.8) is 0 Å². The maximum absolute atomic E-state index is 11.5. The summed E-state index contributed by atoms with van der Waals surface area (Å²) in [6.07, 6.45) is 9.98. The SMILES string of the molecule is CC(=O)[C@@]1(C)CC=CC1(C)C.CC1(C)C=CC[C@]1(C)C(=O)CO. The molecule has 0 unspecified atom stereocenters. The van der Waals surface area contributed by atoms with E-state index in [1.807, 2.05) is 26.8 Å². The predicted molar refractivity (Wildman–Crippen MR) is 94.1 cm³/mol. The summed E-state index contributed by atoms with van der Waals surface area (Å²) in [4.78, 5) is 22.8. The highest BCUT2D eigenvalue weighted by Gasteiger charge is 2.47. The first kappa shape index (κ1) is 19.8. The third kappa shape index (κ3) is 3.35. The molecule has 2 rings (SSSR count). The molecule has 0 saturated carbocycles. The monoisotopic (exact) mass is 320 g/mol. The largest absolute Gasteiger partial charge is 0.389 e. The van der Waals surface area contributed by atoms with Gasteiger partial charge in [0.05, 0.1) is 0 Å². The number of ketones is 2. The van der Waals surface area contributed by atoms with Crippen molar-refractivity contribution in [2.24, 2.45) is 21.7 Å². The molecule has 3 heteroatoms. The summed E-state index contributed by atoms with van der Waals surface area (Å²) in [6.45, 7) is 13.6. The van der Waals surface area contributed by atoms with Gasteiger partial charge in [0, 0.05) is 10.8 Å². The zero-order valence-corrected chi connectivity index (χ0v) is 15.7. The molecule has 1 N–H and O–H groups in total. The van der Waals surface area contributed by atoms with Crippen LogP contribution in [-0.4, -0.2) is 23.3 Å². The van der Waals surface area contributed by atoms with Crippen LogP contribution in [0.2, 0.25) is 0 Å². The third-order valence-electron chi connectivity index (χ3n) is 6.50. The maximum Gasteiger partial charge on any atom is 0.165 e. The lowest BCUT2D eigenvalue weighted by Gasteiger charge is -2.36. The van der Waals surface area contributed by atoms with Crippen LogP contribution < -0.4 is 0 Å². The van der Waals surface area contributed by atoms with Crippen molar-refractivity contribution in [2.45, 2.75) is 61.3 Å². The van der Waals surface area contributed by atoms with E-state index in [2.05, 4.69) is 39.0 Å². The van der Waals surface area contributed by atoms with E-state index in [0.717, 1.165) is 12.8 Å². The molecule has 0 aliphatic heterocycles. The van der Waals surface area contributed by atoms with E-state index in [1.165, 1.54) is 0 Å². The van der Waals surface area contributed by atoms with Crippen LogP contribution in [0.15, 0.2) is 24.3 Å². The fourth-order valence-electron chi connectivity index (χ4n) is 3.32. The van der Waals surface area contributed by atoms with Crippen LogP contribution in [0.5, 0.6) is 0 Å². The minimum atomic E-state index is -0.401. The van der Waals surface area contributed by atoms with Crippen molar-refractivity contribution in [3.8, 4) is 0 Å². The fourth-order valence-corrected chi connectivity index (χ4v) is 3.32. The second-order valence-electron chi connectivity index (χ2n) is 8.46. The molecular formula is C20H32O3. The molecular weight excluding hydrogens is 288 g/mol. The van der Waals surface area contributed by atoms with Gasteiger partial charge in [-0.25, -0.2) is 0 Å². The van der Waals surface area contributed by atoms with Crippen LogP contribution in [-0.2, 0) is 9.59 Å². The summed E-state index contributed by atoms with van der Waals surface area (Å²) in [5.74, 6) is 0.241. The molecule has 0 heterocycles. The number of hydrogen-bond acceptors (Lipinski definition) is 3. The van der Waals surface area contributed by atoms with Crippen molar-refractivity contribution in [1.29, 1.82) is 0 Å². The Kier molecular flexibility index (Phi) is 5.47. The van der Waals surface area contributed by atoms with Gasteiger partial charge >= 0.3 is 0 Å². The summed E-state index contributed by atoms with van der Waals surface area (Å²) in [6, 6.07) is 0. The first-order chi connectivity index (χ1) is 10.3. The molecule has 0 aromatic carbocycles. The number of allylic oxidation sites excluding steroid dienone is 4. The van der Waals surface area contributed by atoms with Crippen LogP contribution >= 0.6 is 0 Å². The molecule has 23 heavy (non-hydrogen) atoms. The van der Waals surface area contributed by atoms with E-state index < -0.39 is 5.41 Å². The molecule has 0 fully saturated rings. The Morgan fingerprint density at radius 1 is 0.870 bits per heavy atom. The van der Waals surface area contributed by atoms with Crippen molar-refractivity contribution in [3.05, 3.63) is 24.3 Å². The summed E-state index contributed by atoms with van der Waals surface area (Å²) in [5.41, 5.74) is -0.638. The Hall–Kier alpha value is -1.22. The van der Waals surface area contributed by atoms with Crippen molar-refractivity contribution in [2.75, 3.05) is 6.61 Å². The van der Waals surface area contributed by atoms with E-state index in [0.29, 0.717) is 5.78 Å². The lowest BCUT2D eigenvalue weighted by Crippen LogP contribution is -2.39. The highest BCUT2D eigenvalue weighted by molar-refractivity contribution is 5.87. The predicted octanol–water partition coefficient (Wildman–Crippen LogP) is 4.11. The van der Waals surface area contributed by atoms with Crippen molar-refractivity contribution in [1.82, 2.24) is 0 Å². The smallest absolute Gasteiger partial charge is 0.165 e. The van der Waals surface area contributed by atoms with Crippen LogP contribution in [0.25, 0.3) is 0 Å². The number of Topliss-reactive ketones (excluding diaryl/α,β-unsaturated/α-hetero) is 2. The highest BCUT2D eigenvalue weighted by atomic mass is 16.3.